The number of anilines is 1. The molecular formula is C19H17N5O. The summed E-state index contributed by atoms with van der Waals surface area (Å²) in [6.07, 6.45) is 9.40. The van der Waals surface area contributed by atoms with Crippen LogP contribution in [0.3, 0.4) is 0 Å². The van der Waals surface area contributed by atoms with Gasteiger partial charge in [-0.05, 0) is 36.1 Å². The third-order valence-electron chi connectivity index (χ3n) is 4.59. The maximum atomic E-state index is 12.4. The van der Waals surface area contributed by atoms with Crippen molar-refractivity contribution < 1.29 is 4.79 Å². The zero-order valence-corrected chi connectivity index (χ0v) is 13.5. The van der Waals surface area contributed by atoms with Gasteiger partial charge in [0.05, 0.1) is 6.04 Å². The van der Waals surface area contributed by atoms with Crippen LogP contribution in [0.2, 0.25) is 0 Å². The highest BCUT2D eigenvalue weighted by atomic mass is 16.2. The van der Waals surface area contributed by atoms with Gasteiger partial charge in [-0.15, -0.1) is 16.6 Å². The van der Waals surface area contributed by atoms with Crippen LogP contribution in [-0.4, -0.2) is 26.7 Å². The molecule has 0 saturated carbocycles. The largest absolute Gasteiger partial charge is 0.324 e. The Labute approximate surface area is 145 Å². The Morgan fingerprint density at radius 2 is 2.08 bits per heavy atom. The van der Waals surface area contributed by atoms with Crippen molar-refractivity contribution in [2.45, 2.75) is 24.8 Å². The molecule has 2 amide bonds. The number of benzene rings is 1. The molecule has 2 unspecified atom stereocenters. The summed E-state index contributed by atoms with van der Waals surface area (Å²) in [5, 5.41) is 13.6. The third kappa shape index (κ3) is 2.81. The first-order valence-corrected chi connectivity index (χ1v) is 8.17. The lowest BCUT2D eigenvalue weighted by molar-refractivity contribution is 0.249. The monoisotopic (exact) mass is 331 g/mol. The highest BCUT2D eigenvalue weighted by molar-refractivity contribution is 5.88. The van der Waals surface area contributed by atoms with Crippen LogP contribution in [0.1, 0.15) is 23.5 Å². The predicted molar refractivity (Wildman–Crippen MR) is 95.3 cm³/mol. The molecule has 3 aromatic rings. The van der Waals surface area contributed by atoms with Crippen molar-refractivity contribution in [3.8, 4) is 12.3 Å². The molecule has 2 atom stereocenters. The number of carbonyl (C=O) groups excluding carboxylic acids is 1. The number of amides is 2. The fourth-order valence-corrected chi connectivity index (χ4v) is 3.40. The molecule has 2 aromatic heterocycles. The summed E-state index contributed by atoms with van der Waals surface area (Å²) in [7, 11) is 0. The predicted octanol–water partition coefficient (Wildman–Crippen LogP) is 2.58. The van der Waals surface area contributed by atoms with Crippen LogP contribution in [0, 0.1) is 12.3 Å². The summed E-state index contributed by atoms with van der Waals surface area (Å²) in [6.45, 7) is 0. The lowest BCUT2D eigenvalue weighted by atomic mass is 9.94. The molecule has 25 heavy (non-hydrogen) atoms. The molecule has 1 aromatic carbocycles. The van der Waals surface area contributed by atoms with Crippen molar-refractivity contribution in [2.75, 3.05) is 5.32 Å². The molecule has 0 fully saturated rings. The summed E-state index contributed by atoms with van der Waals surface area (Å²) < 4.78 is 1.70. The Hall–Kier alpha value is -3.33. The molecule has 4 rings (SSSR count). The second-order valence-electron chi connectivity index (χ2n) is 6.04. The van der Waals surface area contributed by atoms with Gasteiger partial charge >= 0.3 is 6.03 Å². The maximum absolute atomic E-state index is 12.4. The van der Waals surface area contributed by atoms with Crippen molar-refractivity contribution in [3.63, 3.8) is 0 Å². The van der Waals surface area contributed by atoms with Crippen LogP contribution in [0.4, 0.5) is 10.7 Å². The molecular weight excluding hydrogens is 314 g/mol. The van der Waals surface area contributed by atoms with Gasteiger partial charge in [-0.1, -0.05) is 36.3 Å². The molecule has 6 heteroatoms. The van der Waals surface area contributed by atoms with E-state index >= 15 is 0 Å². The quantitative estimate of drug-likeness (QED) is 0.725. The molecule has 6 nitrogen and oxygen atoms in total. The highest BCUT2D eigenvalue weighted by Crippen LogP contribution is 2.35. The van der Waals surface area contributed by atoms with E-state index in [9.17, 15) is 4.79 Å². The van der Waals surface area contributed by atoms with E-state index in [-0.39, 0.29) is 18.0 Å². The molecule has 0 radical (unpaired) electrons. The number of terminal acetylenes is 1. The number of carbonyl (C=O) groups is 1. The number of aromatic nitrogens is 3. The van der Waals surface area contributed by atoms with E-state index in [1.54, 1.807) is 10.6 Å². The van der Waals surface area contributed by atoms with Gasteiger partial charge in [-0.3, -0.25) is 9.72 Å². The van der Waals surface area contributed by atoms with E-state index in [4.69, 9.17) is 6.42 Å². The average molecular weight is 331 g/mol. The first-order valence-electron chi connectivity index (χ1n) is 8.17. The molecule has 2 heterocycles. The molecule has 1 aliphatic carbocycles. The lowest BCUT2D eigenvalue weighted by Gasteiger charge is -2.20. The van der Waals surface area contributed by atoms with E-state index in [1.165, 1.54) is 11.1 Å². The van der Waals surface area contributed by atoms with Gasteiger partial charge in [0.25, 0.3) is 0 Å². The minimum atomic E-state index is -0.384. The van der Waals surface area contributed by atoms with E-state index in [0.29, 0.717) is 11.6 Å². The van der Waals surface area contributed by atoms with Gasteiger partial charge in [-0.25, -0.2) is 4.79 Å². The number of aryl methyl sites for hydroxylation is 1. The highest BCUT2D eigenvalue weighted by Gasteiger charge is 2.29. The van der Waals surface area contributed by atoms with Crippen molar-refractivity contribution in [1.82, 2.24) is 19.9 Å². The smallest absolute Gasteiger partial charge is 0.322 e. The first-order chi connectivity index (χ1) is 12.3. The molecule has 124 valence electrons. The average Bonchev–Trinajstić information content (AvgIpc) is 3.24. The Morgan fingerprint density at radius 3 is 2.96 bits per heavy atom. The van der Waals surface area contributed by atoms with Crippen LogP contribution in [-0.2, 0) is 6.42 Å². The molecule has 0 saturated heterocycles. The number of hydrogen-bond acceptors (Lipinski definition) is 3. The standard InChI is InChI=1S/C19H17N5O/c1-2-16(15-11-10-13-7-3-4-8-14(13)15)20-19(25)21-18-23-22-17-9-5-6-12-24(17)18/h1,3-9,12,15-16H,10-11H2,(H2,20,21,23,25). The Morgan fingerprint density at radius 1 is 1.24 bits per heavy atom. The lowest BCUT2D eigenvalue weighted by Crippen LogP contribution is -2.40. The van der Waals surface area contributed by atoms with Gasteiger partial charge in [-0.2, -0.15) is 0 Å². The maximum Gasteiger partial charge on any atom is 0.322 e. The number of nitrogens with one attached hydrogen (secondary N) is 2. The molecule has 0 bridgehead atoms. The summed E-state index contributed by atoms with van der Waals surface area (Å²) >= 11 is 0. The number of rotatable bonds is 3. The Balaban J connectivity index is 1.49. The van der Waals surface area contributed by atoms with Crippen LogP contribution >= 0.6 is 0 Å². The fraction of sp³-hybridized carbons (Fsp3) is 0.211. The summed E-state index contributed by atoms with van der Waals surface area (Å²) in [4.78, 5) is 12.4. The van der Waals surface area contributed by atoms with Crippen molar-refractivity contribution in [3.05, 3.63) is 59.8 Å². The zero-order valence-electron chi connectivity index (χ0n) is 13.5. The van der Waals surface area contributed by atoms with Gasteiger partial charge in [0.2, 0.25) is 5.95 Å². The summed E-state index contributed by atoms with van der Waals surface area (Å²) in [5.74, 6) is 3.20. The molecule has 2 N–H and O–H groups in total. The SMILES string of the molecule is C#CC(NC(=O)Nc1nnc2ccccn12)C1CCc2ccccc21. The molecule has 0 spiro atoms. The number of fused-ring (bicyclic) bond motifs is 2. The number of pyridine rings is 1. The van der Waals surface area contributed by atoms with Crippen LogP contribution in [0.25, 0.3) is 5.65 Å². The van der Waals surface area contributed by atoms with E-state index in [0.717, 1.165) is 12.8 Å². The number of nitrogens with zero attached hydrogens (tertiary/aromatic N) is 3. The number of urea groups is 1. The topological polar surface area (TPSA) is 71.3 Å². The van der Waals surface area contributed by atoms with Crippen LogP contribution in [0.5, 0.6) is 0 Å². The second-order valence-corrected chi connectivity index (χ2v) is 6.04. The van der Waals surface area contributed by atoms with Crippen LogP contribution < -0.4 is 10.6 Å². The van der Waals surface area contributed by atoms with Gasteiger partial charge in [0.15, 0.2) is 5.65 Å². The normalized spacial score (nSPS) is 16.8. The Kier molecular flexibility index (Phi) is 3.82. The Bertz CT molecular complexity index is 971. The van der Waals surface area contributed by atoms with Gasteiger partial charge in [0, 0.05) is 12.1 Å². The van der Waals surface area contributed by atoms with E-state index in [1.807, 2.05) is 30.3 Å². The minimum absolute atomic E-state index is 0.127. The van der Waals surface area contributed by atoms with Gasteiger partial charge < -0.3 is 5.32 Å². The minimum Gasteiger partial charge on any atom is -0.324 e. The van der Waals surface area contributed by atoms with Crippen molar-refractivity contribution >= 4 is 17.6 Å². The van der Waals surface area contributed by atoms with E-state index in [2.05, 4.69) is 38.9 Å². The first kappa shape index (κ1) is 15.2. The van der Waals surface area contributed by atoms with Crippen molar-refractivity contribution in [2.24, 2.45) is 0 Å². The third-order valence-corrected chi connectivity index (χ3v) is 4.59. The molecule has 1 aliphatic rings. The fourth-order valence-electron chi connectivity index (χ4n) is 3.40. The van der Waals surface area contributed by atoms with Crippen LogP contribution in [0.15, 0.2) is 48.7 Å². The number of hydrogen-bond donors (Lipinski definition) is 2. The summed E-state index contributed by atoms with van der Waals surface area (Å²) in [6, 6.07) is 13.0. The van der Waals surface area contributed by atoms with Crippen molar-refractivity contribution in [1.29, 1.82) is 0 Å². The zero-order chi connectivity index (χ0) is 17.2. The molecule has 0 aliphatic heterocycles. The van der Waals surface area contributed by atoms with E-state index < -0.39 is 0 Å². The summed E-state index contributed by atoms with van der Waals surface area (Å²) in [5.41, 5.74) is 3.19. The second kappa shape index (κ2) is 6.29. The van der Waals surface area contributed by atoms with Gasteiger partial charge in [0.1, 0.15) is 0 Å².